The molecule has 1 aromatic rings. The second-order valence-corrected chi connectivity index (χ2v) is 5.35. The number of hydrogen-bond donors (Lipinski definition) is 2. The van der Waals surface area contributed by atoms with Crippen molar-refractivity contribution in [3.05, 3.63) is 18.2 Å². The molecule has 0 aliphatic carbocycles. The van der Waals surface area contributed by atoms with E-state index in [0.29, 0.717) is 26.2 Å². The van der Waals surface area contributed by atoms with Crippen LogP contribution in [0.4, 0.5) is 0 Å². The average molecular weight is 269 g/mol. The fraction of sp³-hybridized carbons (Fsp3) is 0.538. The molecule has 0 radical (unpaired) electrons. The maximum Gasteiger partial charge on any atom is 0.162 e. The SMILES string of the molecule is NCC(O)CCSc1ccc2c(c1)OCCCO2. The topological polar surface area (TPSA) is 64.7 Å². The summed E-state index contributed by atoms with van der Waals surface area (Å²) in [4.78, 5) is 1.13. The molecular weight excluding hydrogens is 250 g/mol. The highest BCUT2D eigenvalue weighted by atomic mass is 32.2. The Morgan fingerprint density at radius 3 is 2.83 bits per heavy atom. The van der Waals surface area contributed by atoms with Crippen molar-refractivity contribution in [3.63, 3.8) is 0 Å². The molecular formula is C13H19NO3S. The van der Waals surface area contributed by atoms with E-state index in [4.69, 9.17) is 15.2 Å². The van der Waals surface area contributed by atoms with Gasteiger partial charge in [0.25, 0.3) is 0 Å². The number of aliphatic hydroxyl groups excluding tert-OH is 1. The summed E-state index contributed by atoms with van der Waals surface area (Å²) < 4.78 is 11.2. The Morgan fingerprint density at radius 2 is 2.06 bits per heavy atom. The predicted molar refractivity (Wildman–Crippen MR) is 72.5 cm³/mol. The lowest BCUT2D eigenvalue weighted by Crippen LogP contribution is -2.19. The van der Waals surface area contributed by atoms with E-state index < -0.39 is 6.10 Å². The average Bonchev–Trinajstić information content (AvgIpc) is 2.63. The number of thioether (sulfide) groups is 1. The summed E-state index contributed by atoms with van der Waals surface area (Å²) in [5.41, 5.74) is 5.36. The molecule has 1 aliphatic heterocycles. The van der Waals surface area contributed by atoms with Gasteiger partial charge in [0.05, 0.1) is 19.3 Å². The van der Waals surface area contributed by atoms with Crippen molar-refractivity contribution in [1.82, 2.24) is 0 Å². The molecule has 18 heavy (non-hydrogen) atoms. The van der Waals surface area contributed by atoms with E-state index in [1.54, 1.807) is 11.8 Å². The fourth-order valence-electron chi connectivity index (χ4n) is 1.66. The lowest BCUT2D eigenvalue weighted by Gasteiger charge is -2.10. The van der Waals surface area contributed by atoms with E-state index in [-0.39, 0.29) is 0 Å². The van der Waals surface area contributed by atoms with Gasteiger partial charge in [-0.25, -0.2) is 0 Å². The normalized spacial score (nSPS) is 16.1. The van der Waals surface area contributed by atoms with Crippen molar-refractivity contribution < 1.29 is 14.6 Å². The van der Waals surface area contributed by atoms with E-state index >= 15 is 0 Å². The third kappa shape index (κ3) is 3.80. The van der Waals surface area contributed by atoms with Crippen LogP contribution in [-0.4, -0.2) is 36.7 Å². The monoisotopic (exact) mass is 269 g/mol. The molecule has 1 unspecified atom stereocenters. The Bertz CT molecular complexity index is 386. The Kier molecular flexibility index (Phi) is 5.16. The van der Waals surface area contributed by atoms with E-state index in [9.17, 15) is 5.11 Å². The minimum atomic E-state index is -0.405. The Hall–Kier alpha value is -0.910. The summed E-state index contributed by atoms with van der Waals surface area (Å²) in [7, 11) is 0. The van der Waals surface area contributed by atoms with Crippen molar-refractivity contribution in [1.29, 1.82) is 0 Å². The Labute approximate surface area is 111 Å². The number of benzene rings is 1. The zero-order valence-corrected chi connectivity index (χ0v) is 11.1. The van der Waals surface area contributed by atoms with Gasteiger partial charge in [-0.1, -0.05) is 0 Å². The third-order valence-corrected chi connectivity index (χ3v) is 3.74. The molecule has 0 saturated carbocycles. The highest BCUT2D eigenvalue weighted by Crippen LogP contribution is 2.34. The summed E-state index contributed by atoms with van der Waals surface area (Å²) in [6, 6.07) is 5.97. The first-order chi connectivity index (χ1) is 8.79. The van der Waals surface area contributed by atoms with Crippen LogP contribution in [0.3, 0.4) is 0 Å². The van der Waals surface area contributed by atoms with Crippen LogP contribution in [0.2, 0.25) is 0 Å². The van der Waals surface area contributed by atoms with E-state index in [1.807, 2.05) is 18.2 Å². The summed E-state index contributed by atoms with van der Waals surface area (Å²) in [6.45, 7) is 1.73. The summed E-state index contributed by atoms with van der Waals surface area (Å²) in [5, 5.41) is 9.38. The molecule has 3 N–H and O–H groups in total. The van der Waals surface area contributed by atoms with E-state index in [2.05, 4.69) is 0 Å². The van der Waals surface area contributed by atoms with Crippen molar-refractivity contribution in [3.8, 4) is 11.5 Å². The molecule has 1 atom stereocenters. The van der Waals surface area contributed by atoms with Gasteiger partial charge in [0, 0.05) is 23.6 Å². The zero-order chi connectivity index (χ0) is 12.8. The first-order valence-electron chi connectivity index (χ1n) is 6.20. The first-order valence-corrected chi connectivity index (χ1v) is 7.18. The number of nitrogens with two attached hydrogens (primary N) is 1. The number of aliphatic hydroxyl groups is 1. The number of ether oxygens (including phenoxy) is 2. The van der Waals surface area contributed by atoms with E-state index in [1.165, 1.54) is 0 Å². The quantitative estimate of drug-likeness (QED) is 0.796. The van der Waals surface area contributed by atoms with Crippen LogP contribution in [0.1, 0.15) is 12.8 Å². The fourth-order valence-corrected chi connectivity index (χ4v) is 2.64. The summed E-state index contributed by atoms with van der Waals surface area (Å²) >= 11 is 1.69. The number of hydrogen-bond acceptors (Lipinski definition) is 5. The van der Waals surface area contributed by atoms with Crippen LogP contribution >= 0.6 is 11.8 Å². The molecule has 0 aromatic heterocycles. The van der Waals surface area contributed by atoms with Crippen LogP contribution < -0.4 is 15.2 Å². The molecule has 1 aromatic carbocycles. The predicted octanol–water partition coefficient (Wildman–Crippen LogP) is 1.65. The van der Waals surface area contributed by atoms with Gasteiger partial charge >= 0.3 is 0 Å². The molecule has 0 fully saturated rings. The highest BCUT2D eigenvalue weighted by molar-refractivity contribution is 7.99. The molecule has 1 heterocycles. The van der Waals surface area contributed by atoms with Crippen LogP contribution in [0.5, 0.6) is 11.5 Å². The maximum absolute atomic E-state index is 9.38. The maximum atomic E-state index is 9.38. The molecule has 100 valence electrons. The third-order valence-electron chi connectivity index (χ3n) is 2.71. The minimum absolute atomic E-state index is 0.321. The van der Waals surface area contributed by atoms with Crippen LogP contribution in [-0.2, 0) is 0 Å². The molecule has 2 rings (SSSR count). The van der Waals surface area contributed by atoms with Gasteiger partial charge in [-0.3, -0.25) is 0 Å². The van der Waals surface area contributed by atoms with E-state index in [0.717, 1.165) is 28.6 Å². The molecule has 0 amide bonds. The Morgan fingerprint density at radius 1 is 1.28 bits per heavy atom. The molecule has 0 saturated heterocycles. The summed E-state index contributed by atoms with van der Waals surface area (Å²) in [5.74, 6) is 2.48. The smallest absolute Gasteiger partial charge is 0.162 e. The molecule has 1 aliphatic rings. The van der Waals surface area contributed by atoms with Crippen molar-refractivity contribution in [2.24, 2.45) is 5.73 Å². The van der Waals surface area contributed by atoms with Gasteiger partial charge in [0.1, 0.15) is 0 Å². The van der Waals surface area contributed by atoms with Gasteiger partial charge in [0.2, 0.25) is 0 Å². The van der Waals surface area contributed by atoms with Gasteiger partial charge in [-0.2, -0.15) is 0 Å². The molecule has 4 nitrogen and oxygen atoms in total. The van der Waals surface area contributed by atoms with Crippen LogP contribution in [0, 0.1) is 0 Å². The number of fused-ring (bicyclic) bond motifs is 1. The van der Waals surface area contributed by atoms with Gasteiger partial charge in [0.15, 0.2) is 11.5 Å². The van der Waals surface area contributed by atoms with Gasteiger partial charge < -0.3 is 20.3 Å². The molecule has 0 bridgehead atoms. The van der Waals surface area contributed by atoms with Crippen LogP contribution in [0.25, 0.3) is 0 Å². The lowest BCUT2D eigenvalue weighted by atomic mass is 10.3. The zero-order valence-electron chi connectivity index (χ0n) is 10.3. The second kappa shape index (κ2) is 6.87. The largest absolute Gasteiger partial charge is 0.490 e. The van der Waals surface area contributed by atoms with Gasteiger partial charge in [-0.05, 0) is 24.6 Å². The second-order valence-electron chi connectivity index (χ2n) is 4.19. The van der Waals surface area contributed by atoms with Crippen molar-refractivity contribution in [2.45, 2.75) is 23.8 Å². The van der Waals surface area contributed by atoms with Crippen LogP contribution in [0.15, 0.2) is 23.1 Å². The van der Waals surface area contributed by atoms with Gasteiger partial charge in [-0.15, -0.1) is 11.8 Å². The molecule has 5 heteroatoms. The minimum Gasteiger partial charge on any atom is -0.490 e. The van der Waals surface area contributed by atoms with Crippen molar-refractivity contribution in [2.75, 3.05) is 25.5 Å². The molecule has 0 spiro atoms. The van der Waals surface area contributed by atoms with Crippen molar-refractivity contribution >= 4 is 11.8 Å². The standard InChI is InChI=1S/C13H19NO3S/c14-9-10(15)4-7-18-11-2-3-12-13(8-11)17-6-1-5-16-12/h2-3,8,10,15H,1,4-7,9,14H2. The lowest BCUT2D eigenvalue weighted by molar-refractivity contribution is 0.180. The number of rotatable bonds is 5. The summed E-state index contributed by atoms with van der Waals surface area (Å²) in [6.07, 6.45) is 1.22. The Balaban J connectivity index is 1.91. The first kappa shape index (κ1) is 13.5. The highest BCUT2D eigenvalue weighted by Gasteiger charge is 2.11.